The SMILES string of the molecule is COc1cccc(CNC(=O)N(CC(C)O)C(C)C)c1. The van der Waals surface area contributed by atoms with Gasteiger partial charge in [-0.05, 0) is 38.5 Å². The van der Waals surface area contributed by atoms with Gasteiger partial charge in [0, 0.05) is 19.1 Å². The molecule has 5 nitrogen and oxygen atoms in total. The van der Waals surface area contributed by atoms with Crippen molar-refractivity contribution in [2.24, 2.45) is 0 Å². The average Bonchev–Trinajstić information content (AvgIpc) is 2.42. The van der Waals surface area contributed by atoms with Gasteiger partial charge in [0.2, 0.25) is 0 Å². The third-order valence-electron chi connectivity index (χ3n) is 2.92. The maximum absolute atomic E-state index is 12.1. The summed E-state index contributed by atoms with van der Waals surface area (Å²) in [5.74, 6) is 0.765. The topological polar surface area (TPSA) is 61.8 Å². The lowest BCUT2D eigenvalue weighted by molar-refractivity contribution is 0.118. The van der Waals surface area contributed by atoms with Crippen LogP contribution in [0.25, 0.3) is 0 Å². The van der Waals surface area contributed by atoms with E-state index in [1.165, 1.54) is 0 Å². The molecule has 0 radical (unpaired) electrons. The Morgan fingerprint density at radius 3 is 2.65 bits per heavy atom. The van der Waals surface area contributed by atoms with Crippen molar-refractivity contribution in [1.82, 2.24) is 10.2 Å². The third kappa shape index (κ3) is 5.09. The van der Waals surface area contributed by atoms with Crippen LogP contribution in [0, 0.1) is 0 Å². The van der Waals surface area contributed by atoms with Gasteiger partial charge in [-0.3, -0.25) is 0 Å². The first-order chi connectivity index (χ1) is 9.43. The van der Waals surface area contributed by atoms with E-state index in [-0.39, 0.29) is 12.1 Å². The van der Waals surface area contributed by atoms with E-state index in [2.05, 4.69) is 5.32 Å². The predicted molar refractivity (Wildman–Crippen MR) is 78.8 cm³/mol. The lowest BCUT2D eigenvalue weighted by Gasteiger charge is -2.28. The number of benzene rings is 1. The second-order valence-electron chi connectivity index (χ2n) is 5.11. The molecule has 0 saturated carbocycles. The Balaban J connectivity index is 2.60. The molecule has 2 amide bonds. The first kappa shape index (κ1) is 16.3. The normalized spacial score (nSPS) is 12.1. The number of hydrogen-bond donors (Lipinski definition) is 2. The highest BCUT2D eigenvalue weighted by molar-refractivity contribution is 5.74. The molecule has 1 atom stereocenters. The number of rotatable bonds is 6. The van der Waals surface area contributed by atoms with Crippen molar-refractivity contribution in [2.45, 2.75) is 39.5 Å². The van der Waals surface area contributed by atoms with Gasteiger partial charge in [0.05, 0.1) is 13.2 Å². The monoisotopic (exact) mass is 280 g/mol. The summed E-state index contributed by atoms with van der Waals surface area (Å²) < 4.78 is 5.14. The zero-order valence-corrected chi connectivity index (χ0v) is 12.6. The van der Waals surface area contributed by atoms with Crippen LogP contribution in [0.2, 0.25) is 0 Å². The quantitative estimate of drug-likeness (QED) is 0.837. The zero-order valence-electron chi connectivity index (χ0n) is 12.6. The molecule has 0 bridgehead atoms. The van der Waals surface area contributed by atoms with Gasteiger partial charge in [-0.15, -0.1) is 0 Å². The number of ether oxygens (including phenoxy) is 1. The molecule has 112 valence electrons. The van der Waals surface area contributed by atoms with Crippen LogP contribution in [0.5, 0.6) is 5.75 Å². The van der Waals surface area contributed by atoms with Crippen molar-refractivity contribution in [2.75, 3.05) is 13.7 Å². The molecule has 0 fully saturated rings. The Labute approximate surface area is 120 Å². The molecule has 0 aliphatic rings. The Kier molecular flexibility index (Phi) is 6.31. The average molecular weight is 280 g/mol. The van der Waals surface area contributed by atoms with E-state index in [4.69, 9.17) is 4.74 Å². The highest BCUT2D eigenvalue weighted by Crippen LogP contribution is 2.12. The van der Waals surface area contributed by atoms with E-state index < -0.39 is 6.10 Å². The summed E-state index contributed by atoms with van der Waals surface area (Å²) in [5.41, 5.74) is 0.971. The van der Waals surface area contributed by atoms with Gasteiger partial charge >= 0.3 is 6.03 Å². The summed E-state index contributed by atoms with van der Waals surface area (Å²) >= 11 is 0. The van der Waals surface area contributed by atoms with E-state index in [0.717, 1.165) is 11.3 Å². The molecule has 0 saturated heterocycles. The fraction of sp³-hybridized carbons (Fsp3) is 0.533. The van der Waals surface area contributed by atoms with Crippen molar-refractivity contribution in [1.29, 1.82) is 0 Å². The van der Waals surface area contributed by atoms with Crippen LogP contribution < -0.4 is 10.1 Å². The van der Waals surface area contributed by atoms with Crippen LogP contribution in [0.1, 0.15) is 26.3 Å². The molecule has 0 aliphatic carbocycles. The molecule has 1 aromatic rings. The van der Waals surface area contributed by atoms with Gasteiger partial charge in [-0.25, -0.2) is 4.79 Å². The Bertz CT molecular complexity index is 433. The minimum Gasteiger partial charge on any atom is -0.497 e. The minimum atomic E-state index is -0.542. The number of hydrogen-bond acceptors (Lipinski definition) is 3. The molecule has 0 heterocycles. The maximum atomic E-state index is 12.1. The Hall–Kier alpha value is -1.75. The number of methoxy groups -OCH3 is 1. The van der Waals surface area contributed by atoms with Gasteiger partial charge in [0.25, 0.3) is 0 Å². The summed E-state index contributed by atoms with van der Waals surface area (Å²) in [6.07, 6.45) is -0.542. The van der Waals surface area contributed by atoms with Crippen molar-refractivity contribution in [3.8, 4) is 5.75 Å². The number of nitrogens with one attached hydrogen (secondary N) is 1. The van der Waals surface area contributed by atoms with E-state index in [0.29, 0.717) is 13.1 Å². The van der Waals surface area contributed by atoms with Crippen LogP contribution in [-0.4, -0.2) is 41.8 Å². The summed E-state index contributed by atoms with van der Waals surface area (Å²) in [5, 5.41) is 12.3. The molecular weight excluding hydrogens is 256 g/mol. The van der Waals surface area contributed by atoms with Crippen LogP contribution in [0.15, 0.2) is 24.3 Å². The number of carbonyl (C=O) groups is 1. The van der Waals surface area contributed by atoms with E-state index in [1.807, 2.05) is 38.1 Å². The number of aliphatic hydroxyl groups excluding tert-OH is 1. The summed E-state index contributed by atoms with van der Waals surface area (Å²) in [4.78, 5) is 13.7. The number of nitrogens with zero attached hydrogens (tertiary/aromatic N) is 1. The molecule has 0 spiro atoms. The summed E-state index contributed by atoms with van der Waals surface area (Å²) in [6.45, 7) is 6.27. The van der Waals surface area contributed by atoms with Crippen LogP contribution in [0.3, 0.4) is 0 Å². The smallest absolute Gasteiger partial charge is 0.317 e. The van der Waals surface area contributed by atoms with Crippen molar-refractivity contribution >= 4 is 6.03 Å². The van der Waals surface area contributed by atoms with Gasteiger partial charge < -0.3 is 20.1 Å². The van der Waals surface area contributed by atoms with Crippen molar-refractivity contribution in [3.05, 3.63) is 29.8 Å². The number of amides is 2. The lowest BCUT2D eigenvalue weighted by atomic mass is 10.2. The third-order valence-corrected chi connectivity index (χ3v) is 2.92. The van der Waals surface area contributed by atoms with Crippen molar-refractivity contribution < 1.29 is 14.6 Å². The molecule has 20 heavy (non-hydrogen) atoms. The number of aliphatic hydroxyl groups is 1. The highest BCUT2D eigenvalue weighted by atomic mass is 16.5. The van der Waals surface area contributed by atoms with Gasteiger partial charge in [-0.1, -0.05) is 12.1 Å². The molecule has 5 heteroatoms. The predicted octanol–water partition coefficient (Wildman–Crippen LogP) is 2.00. The van der Waals surface area contributed by atoms with Gasteiger partial charge in [0.1, 0.15) is 5.75 Å². The van der Waals surface area contributed by atoms with Crippen molar-refractivity contribution in [3.63, 3.8) is 0 Å². The summed E-state index contributed by atoms with van der Waals surface area (Å²) in [7, 11) is 1.61. The molecule has 1 aromatic carbocycles. The maximum Gasteiger partial charge on any atom is 0.317 e. The van der Waals surface area contributed by atoms with E-state index >= 15 is 0 Å². The number of urea groups is 1. The fourth-order valence-corrected chi connectivity index (χ4v) is 1.87. The zero-order chi connectivity index (χ0) is 15.1. The molecule has 1 unspecified atom stereocenters. The van der Waals surface area contributed by atoms with Crippen LogP contribution >= 0.6 is 0 Å². The largest absolute Gasteiger partial charge is 0.497 e. The molecule has 0 aliphatic heterocycles. The lowest BCUT2D eigenvalue weighted by Crippen LogP contribution is -2.46. The molecule has 0 aromatic heterocycles. The molecule has 2 N–H and O–H groups in total. The first-order valence-corrected chi connectivity index (χ1v) is 6.79. The van der Waals surface area contributed by atoms with Gasteiger partial charge in [-0.2, -0.15) is 0 Å². The highest BCUT2D eigenvalue weighted by Gasteiger charge is 2.18. The van der Waals surface area contributed by atoms with Crippen LogP contribution in [-0.2, 0) is 6.54 Å². The minimum absolute atomic E-state index is 0.0370. The summed E-state index contributed by atoms with van der Waals surface area (Å²) in [6, 6.07) is 7.42. The fourth-order valence-electron chi connectivity index (χ4n) is 1.87. The molecular formula is C15H24N2O3. The molecule has 1 rings (SSSR count). The first-order valence-electron chi connectivity index (χ1n) is 6.79. The van der Waals surface area contributed by atoms with E-state index in [1.54, 1.807) is 18.9 Å². The second-order valence-corrected chi connectivity index (χ2v) is 5.11. The van der Waals surface area contributed by atoms with Crippen LogP contribution in [0.4, 0.5) is 4.79 Å². The standard InChI is InChI=1S/C15H24N2O3/c1-11(2)17(10-12(3)18)15(19)16-9-13-6-5-7-14(8-13)20-4/h5-8,11-12,18H,9-10H2,1-4H3,(H,16,19). The van der Waals surface area contributed by atoms with E-state index in [9.17, 15) is 9.90 Å². The Morgan fingerprint density at radius 1 is 1.40 bits per heavy atom. The second kappa shape index (κ2) is 7.75. The number of carbonyl (C=O) groups excluding carboxylic acids is 1. The van der Waals surface area contributed by atoms with Gasteiger partial charge in [0.15, 0.2) is 0 Å². The Morgan fingerprint density at radius 2 is 2.10 bits per heavy atom.